The topological polar surface area (TPSA) is 175 Å². The number of carbonyl (C=O) groups is 5. The highest BCUT2D eigenvalue weighted by Crippen LogP contribution is 2.16. The molecule has 0 saturated carbocycles. The van der Waals surface area contributed by atoms with Gasteiger partial charge in [-0.15, -0.1) is 0 Å². The molecule has 13 nitrogen and oxygen atoms in total. The second-order valence-electron chi connectivity index (χ2n) is 19.2. The maximum atomic E-state index is 11.2. The first-order chi connectivity index (χ1) is 28.6. The molecule has 1 aromatic rings. The molecule has 1 heterocycles. The van der Waals surface area contributed by atoms with Crippen LogP contribution in [0.3, 0.4) is 0 Å². The van der Waals surface area contributed by atoms with Gasteiger partial charge in [-0.2, -0.15) is 0 Å². The molecule has 0 radical (unpaired) electrons. The van der Waals surface area contributed by atoms with E-state index in [4.69, 9.17) is 32.5 Å². The van der Waals surface area contributed by atoms with Crippen LogP contribution in [0.4, 0.5) is 0 Å². The van der Waals surface area contributed by atoms with E-state index in [0.29, 0.717) is 54.1 Å². The lowest BCUT2D eigenvalue weighted by Gasteiger charge is -2.17. The van der Waals surface area contributed by atoms with Crippen LogP contribution in [0.2, 0.25) is 0 Å². The smallest absolute Gasteiger partial charge is 0.465 e. The SMILES string of the molecule is CC(=O)OC(C)C(C)C.CC(C)C(=O)OC(C)C(C)C.CC(C)COC(=O)C(C)(C)C.CCC(=O)OC(C)C(C)C.CCC(CC)C(=O)OC(C)C.Cc1oc(=O)oc1CC(C)C. The first kappa shape index (κ1) is 68.4. The molecule has 0 fully saturated rings. The van der Waals surface area contributed by atoms with Crippen LogP contribution in [0.5, 0.6) is 0 Å². The molecule has 374 valence electrons. The number of hydrogen-bond donors (Lipinski definition) is 0. The highest BCUT2D eigenvalue weighted by Gasteiger charge is 2.23. The molecular formula is C50H96O13. The number of carbonyl (C=O) groups excluding carboxylic acids is 5. The maximum absolute atomic E-state index is 11.2. The van der Waals surface area contributed by atoms with E-state index in [1.54, 1.807) is 13.8 Å². The van der Waals surface area contributed by atoms with Crippen LogP contribution in [0.1, 0.15) is 197 Å². The van der Waals surface area contributed by atoms with Crippen molar-refractivity contribution in [1.29, 1.82) is 0 Å². The van der Waals surface area contributed by atoms with Gasteiger partial charge >= 0.3 is 35.7 Å². The third kappa shape index (κ3) is 43.4. The van der Waals surface area contributed by atoms with Crippen molar-refractivity contribution in [3.63, 3.8) is 0 Å². The zero-order valence-corrected chi connectivity index (χ0v) is 44.7. The van der Waals surface area contributed by atoms with Gasteiger partial charge in [0.1, 0.15) is 29.8 Å². The van der Waals surface area contributed by atoms with E-state index in [1.165, 1.54) is 6.92 Å². The summed E-state index contributed by atoms with van der Waals surface area (Å²) in [4.78, 5) is 65.0. The molecule has 1 rings (SSSR count). The minimum absolute atomic E-state index is 0.0168. The van der Waals surface area contributed by atoms with Crippen molar-refractivity contribution in [3.8, 4) is 0 Å². The zero-order chi connectivity index (χ0) is 51.0. The average Bonchev–Trinajstić information content (AvgIpc) is 3.45. The molecule has 0 amide bonds. The second-order valence-corrected chi connectivity index (χ2v) is 19.2. The summed E-state index contributed by atoms with van der Waals surface area (Å²) in [5.41, 5.74) is -0.366. The zero-order valence-electron chi connectivity index (χ0n) is 44.7. The van der Waals surface area contributed by atoms with Crippen molar-refractivity contribution < 1.29 is 56.5 Å². The highest BCUT2D eigenvalue weighted by atomic mass is 16.6. The summed E-state index contributed by atoms with van der Waals surface area (Å²) in [6.45, 7) is 48.6. The van der Waals surface area contributed by atoms with Gasteiger partial charge in [0.05, 0.1) is 30.0 Å². The fraction of sp³-hybridized carbons (Fsp3) is 0.840. The quantitative estimate of drug-likeness (QED) is 0.113. The van der Waals surface area contributed by atoms with Gasteiger partial charge < -0.3 is 32.5 Å². The minimum atomic E-state index is -0.599. The van der Waals surface area contributed by atoms with Crippen molar-refractivity contribution in [1.82, 2.24) is 0 Å². The van der Waals surface area contributed by atoms with E-state index in [2.05, 4.69) is 13.8 Å². The Hall–Kier alpha value is -3.64. The van der Waals surface area contributed by atoms with Crippen LogP contribution in [0.25, 0.3) is 0 Å². The molecule has 0 aliphatic heterocycles. The Labute approximate surface area is 384 Å². The first-order valence-corrected chi connectivity index (χ1v) is 23.1. The Morgan fingerprint density at radius 1 is 0.587 bits per heavy atom. The largest absolute Gasteiger partial charge is 0.519 e. The number of rotatable bonds is 16. The second kappa shape index (κ2) is 37.7. The summed E-state index contributed by atoms with van der Waals surface area (Å²) >= 11 is 0. The molecule has 13 heteroatoms. The summed E-state index contributed by atoms with van der Waals surface area (Å²) in [6.07, 6.45) is 3.13. The van der Waals surface area contributed by atoms with E-state index in [1.807, 2.05) is 138 Å². The van der Waals surface area contributed by atoms with E-state index in [-0.39, 0.29) is 71.5 Å². The number of aryl methyl sites for hydroxylation is 1. The fourth-order valence-corrected chi connectivity index (χ4v) is 3.62. The number of hydrogen-bond acceptors (Lipinski definition) is 13. The molecule has 0 spiro atoms. The van der Waals surface area contributed by atoms with Crippen molar-refractivity contribution in [3.05, 3.63) is 22.1 Å². The highest BCUT2D eigenvalue weighted by molar-refractivity contribution is 5.75. The lowest BCUT2D eigenvalue weighted by Crippen LogP contribution is -2.24. The van der Waals surface area contributed by atoms with Gasteiger partial charge in [-0.1, -0.05) is 104 Å². The normalized spacial score (nSPS) is 12.3. The lowest BCUT2D eigenvalue weighted by atomic mass is 9.97. The van der Waals surface area contributed by atoms with Gasteiger partial charge in [0, 0.05) is 19.8 Å². The van der Waals surface area contributed by atoms with Gasteiger partial charge in [0.25, 0.3) is 0 Å². The van der Waals surface area contributed by atoms with E-state index in [9.17, 15) is 28.8 Å². The first-order valence-electron chi connectivity index (χ1n) is 23.1. The van der Waals surface area contributed by atoms with Crippen molar-refractivity contribution >= 4 is 29.8 Å². The summed E-state index contributed by atoms with van der Waals surface area (Å²) in [7, 11) is 0. The van der Waals surface area contributed by atoms with Crippen LogP contribution in [0.15, 0.2) is 13.6 Å². The van der Waals surface area contributed by atoms with Crippen LogP contribution in [0, 0.1) is 53.8 Å². The summed E-state index contributed by atoms with van der Waals surface area (Å²) in [5.74, 6) is 2.29. The van der Waals surface area contributed by atoms with Crippen LogP contribution >= 0.6 is 0 Å². The third-order valence-corrected chi connectivity index (χ3v) is 8.81. The summed E-state index contributed by atoms with van der Waals surface area (Å²) in [5, 5.41) is 0. The molecule has 3 atom stereocenters. The van der Waals surface area contributed by atoms with Gasteiger partial charge in [0.2, 0.25) is 0 Å². The molecule has 0 bridgehead atoms. The Morgan fingerprint density at radius 2 is 1.02 bits per heavy atom. The van der Waals surface area contributed by atoms with Crippen molar-refractivity contribution in [2.24, 2.45) is 46.8 Å². The standard InChI is InChI=1S/3C9H18O2.C8H12O3.C8H16O2.C7H14O2/c1-7(2)6-11-8(10)9(3,4)5;1-6(2)8(5)11-9(10)7(3)4;1-5-8(6-2)9(10)11-7(3)4;1-5(2)4-7-6(3)10-8(9)11-7;1-5-8(9)10-7(4)6(2)3;1-5(2)6(3)9-7(4)8/h7H,6H2,1-5H3;6-8H,1-5H3;7-8H,5-6H2,1-4H3;5H,4H2,1-3H3;6-7H,5H2,1-4H3;5-6H,1-4H3. The molecule has 0 aliphatic rings. The van der Waals surface area contributed by atoms with E-state index < -0.39 is 5.82 Å². The fourth-order valence-electron chi connectivity index (χ4n) is 3.62. The van der Waals surface area contributed by atoms with Crippen LogP contribution in [-0.4, -0.2) is 60.9 Å². The molecule has 0 aliphatic carbocycles. The van der Waals surface area contributed by atoms with E-state index >= 15 is 0 Å². The van der Waals surface area contributed by atoms with Gasteiger partial charge in [-0.05, 0) is 105 Å². The lowest BCUT2D eigenvalue weighted by molar-refractivity contribution is -0.154. The van der Waals surface area contributed by atoms with Gasteiger partial charge in [-0.25, -0.2) is 4.79 Å². The Balaban J connectivity index is -0.000000214. The Kier molecular flexibility index (Phi) is 40.9. The minimum Gasteiger partial charge on any atom is -0.465 e. The third-order valence-electron chi connectivity index (χ3n) is 8.81. The Bertz CT molecular complexity index is 1390. The van der Waals surface area contributed by atoms with Crippen molar-refractivity contribution in [2.75, 3.05) is 6.61 Å². The van der Waals surface area contributed by atoms with Gasteiger partial charge in [0.15, 0.2) is 0 Å². The van der Waals surface area contributed by atoms with Crippen LogP contribution < -0.4 is 5.82 Å². The summed E-state index contributed by atoms with van der Waals surface area (Å²) in [6, 6.07) is 0. The van der Waals surface area contributed by atoms with Gasteiger partial charge in [-0.3, -0.25) is 24.0 Å². The molecule has 3 unspecified atom stereocenters. The maximum Gasteiger partial charge on any atom is 0.519 e. The molecular weight excluding hydrogens is 809 g/mol. The molecule has 0 saturated heterocycles. The molecule has 0 N–H and O–H groups in total. The number of ether oxygens (including phenoxy) is 5. The predicted octanol–water partition coefficient (Wildman–Crippen LogP) is 12.2. The van der Waals surface area contributed by atoms with E-state index in [0.717, 1.165) is 19.3 Å². The molecule has 0 aromatic carbocycles. The Morgan fingerprint density at radius 3 is 1.29 bits per heavy atom. The van der Waals surface area contributed by atoms with Crippen molar-refractivity contribution in [2.45, 2.75) is 223 Å². The molecule has 1 aromatic heterocycles. The average molecular weight is 905 g/mol. The molecule has 63 heavy (non-hydrogen) atoms. The summed E-state index contributed by atoms with van der Waals surface area (Å²) < 4.78 is 34.6. The monoisotopic (exact) mass is 905 g/mol. The number of esters is 5. The van der Waals surface area contributed by atoms with Crippen LogP contribution in [-0.2, 0) is 54.1 Å². The predicted molar refractivity (Wildman–Crippen MR) is 253 cm³/mol.